The molecule has 0 fully saturated rings. The summed E-state index contributed by atoms with van der Waals surface area (Å²) < 4.78 is 4.79. The fourth-order valence-corrected chi connectivity index (χ4v) is 0.873. The number of rotatable bonds is 4. The lowest BCUT2D eigenvalue weighted by atomic mass is 11.5. The third-order valence-corrected chi connectivity index (χ3v) is 1.30. The first-order valence-electron chi connectivity index (χ1n) is 1.46. The minimum atomic E-state index is 0.501. The summed E-state index contributed by atoms with van der Waals surface area (Å²) in [5.74, 6) is 1.00. The van der Waals surface area contributed by atoms with Crippen LogP contribution in [0, 0.1) is 0 Å². The van der Waals surface area contributed by atoms with Gasteiger partial charge in [-0.3, -0.25) is 0 Å². The van der Waals surface area contributed by atoms with Crippen LogP contribution >= 0.6 is 43.3 Å². The largest absolute Gasteiger partial charge is 0.358 e. The second kappa shape index (κ2) is 7.24. The highest BCUT2D eigenvalue weighted by Gasteiger charge is 1.81. The molecule has 7 heavy (non-hydrogen) atoms. The Morgan fingerprint density at radius 2 is 1.57 bits per heavy atom. The highest BCUT2D eigenvalue weighted by Crippen LogP contribution is 2.10. The van der Waals surface area contributed by atoms with Gasteiger partial charge in [-0.15, -0.1) is 0 Å². The van der Waals surface area contributed by atoms with Crippen LogP contribution in [-0.4, -0.2) is 11.9 Å². The summed E-state index contributed by atoms with van der Waals surface area (Å²) >= 11 is 0. The Labute approximate surface area is 60.1 Å². The number of hydrogen-bond donors (Lipinski definition) is 0. The van der Waals surface area contributed by atoms with Crippen molar-refractivity contribution in [2.45, 2.75) is 0 Å². The quantitative estimate of drug-likeness (QED) is 0.485. The molecule has 0 amide bonds. The first-order valence-corrected chi connectivity index (χ1v) is 5.09. The van der Waals surface area contributed by atoms with E-state index in [2.05, 4.69) is 0 Å². The predicted octanol–water partition coefficient (Wildman–Crippen LogP) is 2.69. The molecule has 0 spiro atoms. The molecule has 0 aromatic heterocycles. The van der Waals surface area contributed by atoms with E-state index >= 15 is 0 Å². The second-order valence-electron chi connectivity index (χ2n) is 0.658. The zero-order chi connectivity index (χ0) is 5.54. The number of hydrogen-bond acceptors (Lipinski definition) is 3. The smallest absolute Gasteiger partial charge is 0.108 e. The molecule has 0 heterocycles. The predicted molar refractivity (Wildman–Crippen MR) is 37.7 cm³/mol. The molecule has 0 aliphatic rings. The molecule has 0 atom stereocenters. The SMILES string of the molecule is ClSCOCSCl. The molecule has 1 nitrogen and oxygen atoms in total. The lowest BCUT2D eigenvalue weighted by molar-refractivity contribution is 0.242. The molecule has 44 valence electrons. The second-order valence-corrected chi connectivity index (χ2v) is 2.88. The zero-order valence-corrected chi connectivity index (χ0v) is 6.54. The van der Waals surface area contributed by atoms with E-state index in [0.717, 1.165) is 22.0 Å². The number of halogens is 2. The van der Waals surface area contributed by atoms with Gasteiger partial charge in [0.2, 0.25) is 0 Å². The summed E-state index contributed by atoms with van der Waals surface area (Å²) in [4.78, 5) is 0. The Bertz CT molecular complexity index is 32.9. The van der Waals surface area contributed by atoms with E-state index in [1.807, 2.05) is 0 Å². The van der Waals surface area contributed by atoms with Crippen LogP contribution in [0.15, 0.2) is 0 Å². The first kappa shape index (κ1) is 8.24. The Balaban J connectivity index is 2.45. The minimum Gasteiger partial charge on any atom is -0.358 e. The van der Waals surface area contributed by atoms with Gasteiger partial charge >= 0.3 is 0 Å². The molecule has 0 bridgehead atoms. The van der Waals surface area contributed by atoms with Gasteiger partial charge < -0.3 is 4.74 Å². The van der Waals surface area contributed by atoms with Gasteiger partial charge in [0, 0.05) is 0 Å². The van der Waals surface area contributed by atoms with Gasteiger partial charge in [0.1, 0.15) is 11.9 Å². The van der Waals surface area contributed by atoms with E-state index in [4.69, 9.17) is 26.1 Å². The van der Waals surface area contributed by atoms with Crippen LogP contribution in [0.4, 0.5) is 0 Å². The molecule has 0 N–H and O–H groups in total. The van der Waals surface area contributed by atoms with E-state index in [9.17, 15) is 0 Å². The van der Waals surface area contributed by atoms with Gasteiger partial charge in [-0.05, 0) is 43.3 Å². The van der Waals surface area contributed by atoms with Crippen molar-refractivity contribution in [2.75, 3.05) is 11.9 Å². The van der Waals surface area contributed by atoms with Gasteiger partial charge in [-0.2, -0.15) is 0 Å². The third kappa shape index (κ3) is 7.24. The van der Waals surface area contributed by atoms with Gasteiger partial charge in [-0.25, -0.2) is 0 Å². The molecule has 0 saturated heterocycles. The highest BCUT2D eigenvalue weighted by molar-refractivity contribution is 8.21. The minimum absolute atomic E-state index is 0.501. The van der Waals surface area contributed by atoms with Crippen LogP contribution in [0.1, 0.15) is 0 Å². The Morgan fingerprint density at radius 3 is 1.86 bits per heavy atom. The van der Waals surface area contributed by atoms with E-state index in [0.29, 0.717) is 11.9 Å². The van der Waals surface area contributed by atoms with Crippen LogP contribution < -0.4 is 0 Å². The van der Waals surface area contributed by atoms with Crippen molar-refractivity contribution in [1.29, 1.82) is 0 Å². The summed E-state index contributed by atoms with van der Waals surface area (Å²) in [6.45, 7) is 0. The van der Waals surface area contributed by atoms with E-state index in [1.54, 1.807) is 0 Å². The van der Waals surface area contributed by atoms with Crippen LogP contribution in [0.2, 0.25) is 0 Å². The van der Waals surface area contributed by atoms with Crippen LogP contribution in [0.25, 0.3) is 0 Å². The van der Waals surface area contributed by atoms with Crippen molar-refractivity contribution >= 4 is 43.3 Å². The average Bonchev–Trinajstić information content (AvgIpc) is 1.69. The fourth-order valence-electron chi connectivity index (χ4n) is 0.0970. The summed E-state index contributed by atoms with van der Waals surface area (Å²) in [5.41, 5.74) is 0. The molecule has 0 aromatic carbocycles. The molecular formula is C2H4Cl2OS2. The van der Waals surface area contributed by atoms with Gasteiger partial charge in [0.25, 0.3) is 0 Å². The molecule has 0 saturated carbocycles. The van der Waals surface area contributed by atoms with E-state index in [1.165, 1.54) is 0 Å². The number of ether oxygens (including phenoxy) is 1. The maximum Gasteiger partial charge on any atom is 0.108 e. The summed E-state index contributed by atoms with van der Waals surface area (Å²) in [6, 6.07) is 0. The van der Waals surface area contributed by atoms with Gasteiger partial charge in [0.05, 0.1) is 0 Å². The van der Waals surface area contributed by atoms with Crippen LogP contribution in [0.5, 0.6) is 0 Å². The summed E-state index contributed by atoms with van der Waals surface area (Å²) in [5, 5.41) is 0. The third-order valence-electron chi connectivity index (χ3n) is 0.256. The van der Waals surface area contributed by atoms with E-state index in [-0.39, 0.29) is 0 Å². The van der Waals surface area contributed by atoms with Gasteiger partial charge in [-0.1, -0.05) is 0 Å². The van der Waals surface area contributed by atoms with Crippen molar-refractivity contribution in [2.24, 2.45) is 0 Å². The van der Waals surface area contributed by atoms with E-state index < -0.39 is 0 Å². The van der Waals surface area contributed by atoms with Crippen LogP contribution in [0.3, 0.4) is 0 Å². The summed E-state index contributed by atoms with van der Waals surface area (Å²) in [6.07, 6.45) is 0. The average molecular weight is 179 g/mol. The maximum atomic E-state index is 5.18. The fraction of sp³-hybridized carbons (Fsp3) is 1.00. The van der Waals surface area contributed by atoms with Crippen molar-refractivity contribution in [1.82, 2.24) is 0 Å². The normalized spacial score (nSPS) is 9.43. The molecule has 0 unspecified atom stereocenters. The van der Waals surface area contributed by atoms with Crippen molar-refractivity contribution < 1.29 is 4.74 Å². The molecule has 0 aliphatic heterocycles. The maximum absolute atomic E-state index is 5.18. The molecular weight excluding hydrogens is 175 g/mol. The standard InChI is InChI=1S/C2H4Cl2OS2/c3-6-1-5-2-7-4/h1-2H2. The highest BCUT2D eigenvalue weighted by atomic mass is 35.7. The molecule has 0 rings (SSSR count). The monoisotopic (exact) mass is 178 g/mol. The lowest BCUT2D eigenvalue weighted by Gasteiger charge is -1.91. The Morgan fingerprint density at radius 1 is 1.14 bits per heavy atom. The lowest BCUT2D eigenvalue weighted by Crippen LogP contribution is -1.82. The topological polar surface area (TPSA) is 9.23 Å². The molecule has 5 heteroatoms. The van der Waals surface area contributed by atoms with Crippen LogP contribution in [-0.2, 0) is 4.74 Å². The Hall–Kier alpha value is 1.24. The van der Waals surface area contributed by atoms with Crippen molar-refractivity contribution in [3.63, 3.8) is 0 Å². The first-order chi connectivity index (χ1) is 3.41. The van der Waals surface area contributed by atoms with Crippen molar-refractivity contribution in [3.8, 4) is 0 Å². The molecule has 0 aromatic rings. The summed E-state index contributed by atoms with van der Waals surface area (Å²) in [7, 11) is 12.6. The molecule has 0 radical (unpaired) electrons. The zero-order valence-electron chi connectivity index (χ0n) is 3.39. The van der Waals surface area contributed by atoms with Crippen molar-refractivity contribution in [3.05, 3.63) is 0 Å². The Kier molecular flexibility index (Phi) is 8.52. The molecule has 0 aliphatic carbocycles. The van der Waals surface area contributed by atoms with Gasteiger partial charge in [0.15, 0.2) is 0 Å².